The van der Waals surface area contributed by atoms with Gasteiger partial charge in [-0.2, -0.15) is 4.31 Å². The van der Waals surface area contributed by atoms with Crippen molar-refractivity contribution in [3.8, 4) is 0 Å². The highest BCUT2D eigenvalue weighted by Gasteiger charge is 2.28. The van der Waals surface area contributed by atoms with Gasteiger partial charge in [-0.05, 0) is 18.9 Å². The van der Waals surface area contributed by atoms with Crippen molar-refractivity contribution in [3.05, 3.63) is 35.9 Å². The lowest BCUT2D eigenvalue weighted by molar-refractivity contribution is -0.133. The maximum atomic E-state index is 12.6. The predicted molar refractivity (Wildman–Crippen MR) is 102 cm³/mol. The molecule has 1 aliphatic heterocycles. The van der Waals surface area contributed by atoms with Crippen molar-refractivity contribution in [2.45, 2.75) is 13.3 Å². The molecule has 0 saturated carbocycles. The SMILES string of the molecule is CCOC(=O)N1CCN(C(=O)CN(CCc2ccccc2)S(C)(=O)=O)CC1. The summed E-state index contributed by atoms with van der Waals surface area (Å²) in [7, 11) is -3.50. The van der Waals surface area contributed by atoms with Crippen molar-refractivity contribution in [1.29, 1.82) is 0 Å². The first-order chi connectivity index (χ1) is 12.8. The lowest BCUT2D eigenvalue weighted by Gasteiger charge is -2.35. The highest BCUT2D eigenvalue weighted by atomic mass is 32.2. The van der Waals surface area contributed by atoms with Gasteiger partial charge in [0.25, 0.3) is 0 Å². The summed E-state index contributed by atoms with van der Waals surface area (Å²) < 4.78 is 30.3. The topological polar surface area (TPSA) is 87.2 Å². The molecule has 0 bridgehead atoms. The monoisotopic (exact) mass is 397 g/mol. The number of benzene rings is 1. The first-order valence-electron chi connectivity index (χ1n) is 8.99. The van der Waals surface area contributed by atoms with E-state index in [0.29, 0.717) is 39.2 Å². The summed E-state index contributed by atoms with van der Waals surface area (Å²) in [6.45, 7) is 3.61. The second kappa shape index (κ2) is 9.70. The number of nitrogens with zero attached hydrogens (tertiary/aromatic N) is 3. The maximum Gasteiger partial charge on any atom is 0.409 e. The largest absolute Gasteiger partial charge is 0.450 e. The summed E-state index contributed by atoms with van der Waals surface area (Å²) in [5.41, 5.74) is 1.02. The molecule has 1 aliphatic rings. The molecule has 0 atom stereocenters. The summed E-state index contributed by atoms with van der Waals surface area (Å²) in [6.07, 6.45) is 1.27. The van der Waals surface area contributed by atoms with Crippen LogP contribution in [0.15, 0.2) is 30.3 Å². The molecule has 0 unspecified atom stereocenters. The van der Waals surface area contributed by atoms with Gasteiger partial charge in [0.15, 0.2) is 0 Å². The van der Waals surface area contributed by atoms with Crippen LogP contribution in [0.25, 0.3) is 0 Å². The number of carbonyl (C=O) groups excluding carboxylic acids is 2. The van der Waals surface area contributed by atoms with E-state index in [0.717, 1.165) is 11.8 Å². The van der Waals surface area contributed by atoms with E-state index in [4.69, 9.17) is 4.74 Å². The first kappa shape index (κ1) is 21.2. The van der Waals surface area contributed by atoms with E-state index < -0.39 is 10.0 Å². The van der Waals surface area contributed by atoms with Crippen molar-refractivity contribution >= 4 is 22.0 Å². The van der Waals surface area contributed by atoms with Crippen molar-refractivity contribution in [1.82, 2.24) is 14.1 Å². The molecule has 9 heteroatoms. The molecular formula is C18H27N3O5S. The fourth-order valence-electron chi connectivity index (χ4n) is 2.86. The maximum absolute atomic E-state index is 12.6. The molecule has 150 valence electrons. The number of rotatable bonds is 7. The Morgan fingerprint density at radius 2 is 1.67 bits per heavy atom. The molecule has 0 radical (unpaired) electrons. The van der Waals surface area contributed by atoms with Crippen LogP contribution in [-0.2, 0) is 26.0 Å². The van der Waals surface area contributed by atoms with Crippen LogP contribution in [0.1, 0.15) is 12.5 Å². The van der Waals surface area contributed by atoms with Gasteiger partial charge in [0.1, 0.15) is 0 Å². The molecule has 1 saturated heterocycles. The summed E-state index contributed by atoms with van der Waals surface area (Å²) in [5, 5.41) is 0. The van der Waals surface area contributed by atoms with Crippen LogP contribution in [0.4, 0.5) is 4.79 Å². The number of ether oxygens (including phenoxy) is 1. The van der Waals surface area contributed by atoms with Gasteiger partial charge >= 0.3 is 6.09 Å². The number of carbonyl (C=O) groups is 2. The fourth-order valence-corrected chi connectivity index (χ4v) is 3.63. The molecular weight excluding hydrogens is 370 g/mol. The Morgan fingerprint density at radius 1 is 1.07 bits per heavy atom. The number of amides is 2. The number of hydrogen-bond acceptors (Lipinski definition) is 5. The summed E-state index contributed by atoms with van der Waals surface area (Å²) in [5.74, 6) is -0.253. The number of hydrogen-bond donors (Lipinski definition) is 0. The minimum Gasteiger partial charge on any atom is -0.450 e. The van der Waals surface area contributed by atoms with E-state index in [1.165, 1.54) is 4.31 Å². The Bertz CT molecular complexity index is 731. The van der Waals surface area contributed by atoms with Crippen molar-refractivity contribution in [2.24, 2.45) is 0 Å². The lowest BCUT2D eigenvalue weighted by Crippen LogP contribution is -2.53. The van der Waals surface area contributed by atoms with Crippen LogP contribution in [0.3, 0.4) is 0 Å². The average Bonchev–Trinajstić information content (AvgIpc) is 2.65. The van der Waals surface area contributed by atoms with Gasteiger partial charge in [0.05, 0.1) is 19.4 Å². The fraction of sp³-hybridized carbons (Fsp3) is 0.556. The zero-order valence-electron chi connectivity index (χ0n) is 15.8. The molecule has 2 amide bonds. The first-order valence-corrected chi connectivity index (χ1v) is 10.8. The standard InChI is InChI=1S/C18H27N3O5S/c1-3-26-18(23)20-13-11-19(12-14-20)17(22)15-21(27(2,24)25)10-9-16-7-5-4-6-8-16/h4-8H,3,9-15H2,1-2H3. The second-order valence-corrected chi connectivity index (χ2v) is 8.38. The van der Waals surface area contributed by atoms with Crippen molar-refractivity contribution in [3.63, 3.8) is 0 Å². The van der Waals surface area contributed by atoms with Gasteiger partial charge in [-0.15, -0.1) is 0 Å². The zero-order chi connectivity index (χ0) is 19.9. The Kier molecular flexibility index (Phi) is 7.61. The lowest BCUT2D eigenvalue weighted by atomic mass is 10.1. The molecule has 0 aromatic heterocycles. The van der Waals surface area contributed by atoms with Crippen LogP contribution >= 0.6 is 0 Å². The second-order valence-electron chi connectivity index (χ2n) is 6.40. The Hall–Kier alpha value is -2.13. The van der Waals surface area contributed by atoms with Crippen LogP contribution in [0.5, 0.6) is 0 Å². The van der Waals surface area contributed by atoms with Gasteiger partial charge in [-0.25, -0.2) is 13.2 Å². The molecule has 0 aliphatic carbocycles. The van der Waals surface area contributed by atoms with Gasteiger partial charge < -0.3 is 14.5 Å². The number of sulfonamides is 1. The highest BCUT2D eigenvalue weighted by molar-refractivity contribution is 7.88. The van der Waals surface area contributed by atoms with Crippen LogP contribution < -0.4 is 0 Å². The smallest absolute Gasteiger partial charge is 0.409 e. The average molecular weight is 397 g/mol. The number of piperazine rings is 1. The minimum atomic E-state index is -3.50. The van der Waals surface area contributed by atoms with E-state index in [9.17, 15) is 18.0 Å². The van der Waals surface area contributed by atoms with E-state index in [1.54, 1.807) is 16.7 Å². The molecule has 1 aromatic rings. The van der Waals surface area contributed by atoms with Gasteiger partial charge in [0.2, 0.25) is 15.9 Å². The molecule has 0 spiro atoms. The van der Waals surface area contributed by atoms with Crippen LogP contribution in [0, 0.1) is 0 Å². The molecule has 1 fully saturated rings. The van der Waals surface area contributed by atoms with Crippen molar-refractivity contribution < 1.29 is 22.7 Å². The van der Waals surface area contributed by atoms with E-state index >= 15 is 0 Å². The van der Waals surface area contributed by atoms with E-state index in [-0.39, 0.29) is 25.1 Å². The molecule has 8 nitrogen and oxygen atoms in total. The normalized spacial score (nSPS) is 15.1. The van der Waals surface area contributed by atoms with Crippen LogP contribution in [0.2, 0.25) is 0 Å². The highest BCUT2D eigenvalue weighted by Crippen LogP contribution is 2.08. The predicted octanol–water partition coefficient (Wildman–Crippen LogP) is 0.791. The summed E-state index contributed by atoms with van der Waals surface area (Å²) in [6, 6.07) is 9.55. The minimum absolute atomic E-state index is 0.189. The van der Waals surface area contributed by atoms with Gasteiger partial charge in [0, 0.05) is 32.7 Å². The molecule has 0 N–H and O–H groups in total. The summed E-state index contributed by atoms with van der Waals surface area (Å²) >= 11 is 0. The molecule has 27 heavy (non-hydrogen) atoms. The zero-order valence-corrected chi connectivity index (χ0v) is 16.7. The molecule has 1 aromatic carbocycles. The Balaban J connectivity index is 1.90. The molecule has 1 heterocycles. The van der Waals surface area contributed by atoms with Gasteiger partial charge in [-0.3, -0.25) is 4.79 Å². The molecule has 2 rings (SSSR count). The van der Waals surface area contributed by atoms with E-state index in [2.05, 4.69) is 0 Å². The third-order valence-corrected chi connectivity index (χ3v) is 5.68. The van der Waals surface area contributed by atoms with Gasteiger partial charge in [-0.1, -0.05) is 30.3 Å². The Labute approximate surface area is 160 Å². The summed E-state index contributed by atoms with van der Waals surface area (Å²) in [4.78, 5) is 27.4. The van der Waals surface area contributed by atoms with E-state index in [1.807, 2.05) is 30.3 Å². The third-order valence-electron chi connectivity index (χ3n) is 4.43. The quantitative estimate of drug-likeness (QED) is 0.679. The Morgan fingerprint density at radius 3 is 2.22 bits per heavy atom. The van der Waals surface area contributed by atoms with Crippen molar-refractivity contribution in [2.75, 3.05) is 52.1 Å². The third kappa shape index (κ3) is 6.51. The van der Waals surface area contributed by atoms with Crippen LogP contribution in [-0.4, -0.2) is 86.7 Å².